The molecule has 1 N–H and O–H groups in total. The molecule has 0 spiro atoms. The van der Waals surface area contributed by atoms with Gasteiger partial charge in [0.25, 0.3) is 0 Å². The van der Waals surface area contributed by atoms with Crippen molar-refractivity contribution in [3.8, 4) is 17.1 Å². The molecule has 0 saturated carbocycles. The van der Waals surface area contributed by atoms with Gasteiger partial charge in [0, 0.05) is 7.05 Å². The van der Waals surface area contributed by atoms with Gasteiger partial charge in [0.1, 0.15) is 17.7 Å². The summed E-state index contributed by atoms with van der Waals surface area (Å²) in [5.74, 6) is -1.82. The van der Waals surface area contributed by atoms with Gasteiger partial charge in [0.15, 0.2) is 11.6 Å². The van der Waals surface area contributed by atoms with E-state index in [-0.39, 0.29) is 28.5 Å². The molecule has 13 heteroatoms. The number of halogens is 4. The molecule has 3 aromatic rings. The molecule has 3 heterocycles. The maximum absolute atomic E-state index is 13.7. The summed E-state index contributed by atoms with van der Waals surface area (Å²) in [6, 6.07) is 0.868. The third-order valence-electron chi connectivity index (χ3n) is 3.81. The SMILES string of the molecule is C[C@@H](OC(=O)Nc1c(-c2ncc(OC(F)F)cn2)cnn1C)c1cc(F)cnc1F. The number of carbonyl (C=O) groups excluding carboxylic acids is 1. The van der Waals surface area contributed by atoms with Crippen molar-refractivity contribution in [3.05, 3.63) is 48.2 Å². The van der Waals surface area contributed by atoms with E-state index in [9.17, 15) is 22.4 Å². The van der Waals surface area contributed by atoms with Gasteiger partial charge in [-0.2, -0.15) is 18.3 Å². The minimum absolute atomic E-state index is 0.0634. The van der Waals surface area contributed by atoms with E-state index in [1.807, 2.05) is 0 Å². The van der Waals surface area contributed by atoms with Crippen LogP contribution in [0.3, 0.4) is 0 Å². The van der Waals surface area contributed by atoms with Gasteiger partial charge in [-0.25, -0.2) is 24.1 Å². The number of aryl methyl sites for hydroxylation is 1. The number of carbonyl (C=O) groups is 1. The van der Waals surface area contributed by atoms with Crippen molar-refractivity contribution in [2.24, 2.45) is 7.05 Å². The van der Waals surface area contributed by atoms with Crippen molar-refractivity contribution in [1.29, 1.82) is 0 Å². The topological polar surface area (TPSA) is 104 Å². The molecule has 0 fully saturated rings. The number of hydrogen-bond donors (Lipinski definition) is 1. The Hall–Kier alpha value is -3.77. The van der Waals surface area contributed by atoms with Gasteiger partial charge < -0.3 is 9.47 Å². The van der Waals surface area contributed by atoms with Gasteiger partial charge in [0.05, 0.1) is 35.9 Å². The van der Waals surface area contributed by atoms with Gasteiger partial charge in [-0.15, -0.1) is 0 Å². The zero-order chi connectivity index (χ0) is 21.8. The van der Waals surface area contributed by atoms with Gasteiger partial charge in [-0.1, -0.05) is 0 Å². The van der Waals surface area contributed by atoms with E-state index in [2.05, 4.69) is 30.1 Å². The Morgan fingerprint density at radius 3 is 2.50 bits per heavy atom. The molecule has 3 aromatic heterocycles. The van der Waals surface area contributed by atoms with E-state index in [0.717, 1.165) is 18.5 Å². The summed E-state index contributed by atoms with van der Waals surface area (Å²) in [6.07, 6.45) is 1.96. The monoisotopic (exact) mass is 426 g/mol. The summed E-state index contributed by atoms with van der Waals surface area (Å²) >= 11 is 0. The first-order valence-corrected chi connectivity index (χ1v) is 8.32. The quantitative estimate of drug-likeness (QED) is 0.476. The second-order valence-corrected chi connectivity index (χ2v) is 5.86. The van der Waals surface area contributed by atoms with E-state index in [4.69, 9.17) is 4.74 Å². The van der Waals surface area contributed by atoms with E-state index >= 15 is 0 Å². The summed E-state index contributed by atoms with van der Waals surface area (Å²) in [4.78, 5) is 23.3. The minimum atomic E-state index is -3.02. The summed E-state index contributed by atoms with van der Waals surface area (Å²) < 4.78 is 62.0. The molecule has 0 aliphatic rings. The highest BCUT2D eigenvalue weighted by Crippen LogP contribution is 2.26. The number of nitrogens with one attached hydrogen (secondary N) is 1. The largest absolute Gasteiger partial charge is 0.441 e. The first-order valence-electron chi connectivity index (χ1n) is 8.32. The van der Waals surface area contributed by atoms with Gasteiger partial charge in [0.2, 0.25) is 5.95 Å². The van der Waals surface area contributed by atoms with Crippen molar-refractivity contribution >= 4 is 11.9 Å². The van der Waals surface area contributed by atoms with Crippen molar-refractivity contribution < 1.29 is 31.8 Å². The number of pyridine rings is 1. The van der Waals surface area contributed by atoms with Crippen LogP contribution in [0.2, 0.25) is 0 Å². The molecule has 0 unspecified atom stereocenters. The number of ether oxygens (including phenoxy) is 2. The van der Waals surface area contributed by atoms with Gasteiger partial charge >= 0.3 is 12.7 Å². The van der Waals surface area contributed by atoms with Crippen LogP contribution >= 0.6 is 0 Å². The lowest BCUT2D eigenvalue weighted by Crippen LogP contribution is -2.19. The number of hydrogen-bond acceptors (Lipinski definition) is 7. The van der Waals surface area contributed by atoms with E-state index in [0.29, 0.717) is 6.20 Å². The molecule has 0 aliphatic carbocycles. The first kappa shape index (κ1) is 21.0. The van der Waals surface area contributed by atoms with Crippen molar-refractivity contribution in [2.75, 3.05) is 5.32 Å². The molecule has 158 valence electrons. The number of nitrogens with zero attached hydrogens (tertiary/aromatic N) is 5. The first-order chi connectivity index (χ1) is 14.2. The Kier molecular flexibility index (Phi) is 6.09. The predicted octanol–water partition coefficient (Wildman–Crippen LogP) is 3.46. The number of amides is 1. The van der Waals surface area contributed by atoms with Gasteiger partial charge in [-0.05, 0) is 13.0 Å². The average Bonchev–Trinajstić information content (AvgIpc) is 3.04. The van der Waals surface area contributed by atoms with Gasteiger partial charge in [-0.3, -0.25) is 10.00 Å². The van der Waals surface area contributed by atoms with Crippen LogP contribution in [0.15, 0.2) is 30.9 Å². The fraction of sp³-hybridized carbons (Fsp3) is 0.235. The highest BCUT2D eigenvalue weighted by Gasteiger charge is 2.21. The van der Waals surface area contributed by atoms with Crippen molar-refractivity contribution in [3.63, 3.8) is 0 Å². The third kappa shape index (κ3) is 4.79. The highest BCUT2D eigenvalue weighted by atomic mass is 19.3. The Morgan fingerprint density at radius 1 is 1.13 bits per heavy atom. The molecule has 1 amide bonds. The summed E-state index contributed by atoms with van der Waals surface area (Å²) in [6.45, 7) is -1.68. The Labute approximate surface area is 166 Å². The molecular formula is C17H14F4N6O3. The second kappa shape index (κ2) is 8.71. The standard InChI is InChI=1S/C17H14F4N6O3/c1-8(11-3-9(18)4-22-13(11)19)29-17(28)26-15-12(7-25-27(15)2)14-23-5-10(6-24-14)30-16(20)21/h3-8,16H,1-2H3,(H,26,28)/t8-/m1/s1. The molecule has 0 radical (unpaired) electrons. The zero-order valence-corrected chi connectivity index (χ0v) is 15.5. The van der Waals surface area contributed by atoms with E-state index in [1.165, 1.54) is 24.9 Å². The normalized spacial score (nSPS) is 12.0. The lowest BCUT2D eigenvalue weighted by molar-refractivity contribution is -0.0503. The maximum Gasteiger partial charge on any atom is 0.413 e. The van der Waals surface area contributed by atoms with Crippen LogP contribution < -0.4 is 10.1 Å². The van der Waals surface area contributed by atoms with Crippen LogP contribution in [0.25, 0.3) is 11.4 Å². The predicted molar refractivity (Wildman–Crippen MR) is 93.5 cm³/mol. The molecule has 30 heavy (non-hydrogen) atoms. The van der Waals surface area contributed by atoms with Crippen LogP contribution in [0.1, 0.15) is 18.6 Å². The fourth-order valence-corrected chi connectivity index (χ4v) is 2.44. The Morgan fingerprint density at radius 2 is 1.83 bits per heavy atom. The van der Waals surface area contributed by atoms with E-state index < -0.39 is 30.6 Å². The molecule has 3 rings (SSSR count). The lowest BCUT2D eigenvalue weighted by Gasteiger charge is -2.15. The number of aromatic nitrogens is 5. The Bertz CT molecular complexity index is 1040. The van der Waals surface area contributed by atoms with E-state index in [1.54, 1.807) is 0 Å². The molecule has 1 atom stereocenters. The van der Waals surface area contributed by atoms with Crippen molar-refractivity contribution in [2.45, 2.75) is 19.6 Å². The number of alkyl halides is 2. The van der Waals surface area contributed by atoms with Crippen LogP contribution in [-0.2, 0) is 11.8 Å². The third-order valence-corrected chi connectivity index (χ3v) is 3.81. The molecule has 9 nitrogen and oxygen atoms in total. The van der Waals surface area contributed by atoms with Crippen LogP contribution in [0.4, 0.5) is 28.2 Å². The number of anilines is 1. The molecule has 0 aromatic carbocycles. The smallest absolute Gasteiger partial charge is 0.413 e. The Balaban J connectivity index is 1.75. The maximum atomic E-state index is 13.7. The number of rotatable bonds is 6. The molecule has 0 saturated heterocycles. The van der Waals surface area contributed by atoms with Crippen LogP contribution in [0.5, 0.6) is 5.75 Å². The molecule has 0 bridgehead atoms. The van der Waals surface area contributed by atoms with Crippen LogP contribution in [0, 0.1) is 11.8 Å². The van der Waals surface area contributed by atoms with Crippen molar-refractivity contribution in [1.82, 2.24) is 24.7 Å². The second-order valence-electron chi connectivity index (χ2n) is 5.86. The van der Waals surface area contributed by atoms with Crippen LogP contribution in [-0.4, -0.2) is 37.4 Å². The molecule has 0 aliphatic heterocycles. The highest BCUT2D eigenvalue weighted by molar-refractivity contribution is 5.88. The average molecular weight is 426 g/mol. The zero-order valence-electron chi connectivity index (χ0n) is 15.5. The minimum Gasteiger partial charge on any atom is -0.441 e. The summed E-state index contributed by atoms with van der Waals surface area (Å²) in [5.41, 5.74) is 0.0117. The summed E-state index contributed by atoms with van der Waals surface area (Å²) in [5, 5.41) is 6.39. The molecular weight excluding hydrogens is 412 g/mol. The fourth-order valence-electron chi connectivity index (χ4n) is 2.44. The lowest BCUT2D eigenvalue weighted by atomic mass is 10.2. The summed E-state index contributed by atoms with van der Waals surface area (Å²) in [7, 11) is 1.51.